The Morgan fingerprint density at radius 3 is 2.65 bits per heavy atom. The minimum Gasteiger partial charge on any atom is -0.468 e. The molecule has 0 bridgehead atoms. The van der Waals surface area contributed by atoms with Crippen LogP contribution in [0.25, 0.3) is 0 Å². The summed E-state index contributed by atoms with van der Waals surface area (Å²) in [5.74, 6) is -0.0812. The highest BCUT2D eigenvalue weighted by Crippen LogP contribution is 2.16. The zero-order valence-corrected chi connectivity index (χ0v) is 12.6. The number of alkyl carbamates (subject to hydrolysis) is 1. The smallest absolute Gasteiger partial charge is 0.408 e. The SMILES string of the molecule is COC(=O)CSc1nnc(CNC(=O)OC(C)(C)C)o1. The first-order chi connectivity index (χ1) is 9.30. The Labute approximate surface area is 120 Å². The molecule has 0 saturated heterocycles. The van der Waals surface area contributed by atoms with Gasteiger partial charge in [-0.2, -0.15) is 0 Å². The maximum absolute atomic E-state index is 11.4. The largest absolute Gasteiger partial charge is 0.468 e. The Hall–Kier alpha value is -1.77. The standard InChI is InChI=1S/C11H17N3O5S/c1-11(2,3)19-9(16)12-5-7-13-14-10(18-7)20-6-8(15)17-4/h5-6H2,1-4H3,(H,12,16). The second-order valence-electron chi connectivity index (χ2n) is 4.68. The fourth-order valence-electron chi connectivity index (χ4n) is 1.01. The van der Waals surface area contributed by atoms with Crippen LogP contribution in [0.5, 0.6) is 0 Å². The molecule has 1 rings (SSSR count). The first-order valence-electron chi connectivity index (χ1n) is 5.79. The number of aromatic nitrogens is 2. The average molecular weight is 303 g/mol. The number of hydrogen-bond donors (Lipinski definition) is 1. The molecule has 0 saturated carbocycles. The summed E-state index contributed by atoms with van der Waals surface area (Å²) in [6, 6.07) is 0. The fraction of sp³-hybridized carbons (Fsp3) is 0.636. The molecule has 112 valence electrons. The van der Waals surface area contributed by atoms with E-state index in [0.29, 0.717) is 0 Å². The van der Waals surface area contributed by atoms with Gasteiger partial charge in [0.25, 0.3) is 5.22 Å². The molecular formula is C11H17N3O5S. The van der Waals surface area contributed by atoms with Crippen LogP contribution in [0, 0.1) is 0 Å². The number of nitrogens with one attached hydrogen (secondary N) is 1. The van der Waals surface area contributed by atoms with Gasteiger partial charge in [0.05, 0.1) is 13.7 Å². The van der Waals surface area contributed by atoms with E-state index in [2.05, 4.69) is 20.3 Å². The van der Waals surface area contributed by atoms with Crippen molar-refractivity contribution in [1.29, 1.82) is 0 Å². The number of rotatable bonds is 5. The van der Waals surface area contributed by atoms with Crippen molar-refractivity contribution in [2.24, 2.45) is 0 Å². The van der Waals surface area contributed by atoms with Crippen molar-refractivity contribution >= 4 is 23.8 Å². The van der Waals surface area contributed by atoms with Crippen molar-refractivity contribution in [2.45, 2.75) is 38.1 Å². The van der Waals surface area contributed by atoms with Gasteiger partial charge in [0, 0.05) is 0 Å². The Morgan fingerprint density at radius 1 is 1.35 bits per heavy atom. The van der Waals surface area contributed by atoms with Crippen LogP contribution in [0.4, 0.5) is 4.79 Å². The summed E-state index contributed by atoms with van der Waals surface area (Å²) in [4.78, 5) is 22.3. The lowest BCUT2D eigenvalue weighted by Gasteiger charge is -2.19. The predicted octanol–water partition coefficient (Wildman–Crippen LogP) is 1.36. The van der Waals surface area contributed by atoms with E-state index in [9.17, 15) is 9.59 Å². The van der Waals surface area contributed by atoms with Crippen molar-refractivity contribution < 1.29 is 23.5 Å². The molecule has 1 aromatic rings. The van der Waals surface area contributed by atoms with E-state index in [-0.39, 0.29) is 29.4 Å². The summed E-state index contributed by atoms with van der Waals surface area (Å²) in [6.07, 6.45) is -0.570. The summed E-state index contributed by atoms with van der Waals surface area (Å²) in [6.45, 7) is 5.35. The van der Waals surface area contributed by atoms with Gasteiger partial charge in [-0.3, -0.25) is 4.79 Å². The van der Waals surface area contributed by atoms with Crippen LogP contribution in [0.15, 0.2) is 9.64 Å². The third kappa shape index (κ3) is 6.41. The molecule has 1 N–H and O–H groups in total. The molecule has 9 heteroatoms. The van der Waals surface area contributed by atoms with E-state index in [1.165, 1.54) is 7.11 Å². The quantitative estimate of drug-likeness (QED) is 0.642. The number of hydrogen-bond acceptors (Lipinski definition) is 8. The van der Waals surface area contributed by atoms with Crippen LogP contribution in [-0.2, 0) is 20.8 Å². The minimum atomic E-state index is -0.570. The number of esters is 1. The average Bonchev–Trinajstić information content (AvgIpc) is 2.79. The number of carbonyl (C=O) groups is 2. The predicted molar refractivity (Wildman–Crippen MR) is 70.1 cm³/mol. The third-order valence-electron chi connectivity index (χ3n) is 1.77. The summed E-state index contributed by atoms with van der Waals surface area (Å²) >= 11 is 1.06. The third-order valence-corrected chi connectivity index (χ3v) is 2.56. The first kappa shape index (κ1) is 16.3. The van der Waals surface area contributed by atoms with E-state index in [0.717, 1.165) is 11.8 Å². The highest BCUT2D eigenvalue weighted by Gasteiger charge is 2.17. The van der Waals surface area contributed by atoms with Crippen LogP contribution >= 0.6 is 11.8 Å². The normalized spacial score (nSPS) is 11.0. The van der Waals surface area contributed by atoms with Gasteiger partial charge in [-0.1, -0.05) is 11.8 Å². The van der Waals surface area contributed by atoms with Gasteiger partial charge in [-0.05, 0) is 20.8 Å². The number of nitrogens with zero attached hydrogens (tertiary/aromatic N) is 2. The number of amides is 1. The van der Waals surface area contributed by atoms with Crippen molar-refractivity contribution in [3.63, 3.8) is 0 Å². The van der Waals surface area contributed by atoms with Gasteiger partial charge in [-0.25, -0.2) is 4.79 Å². The number of thioether (sulfide) groups is 1. The molecule has 0 atom stereocenters. The van der Waals surface area contributed by atoms with Crippen LogP contribution in [-0.4, -0.2) is 40.7 Å². The zero-order chi connectivity index (χ0) is 15.2. The molecule has 1 heterocycles. The lowest BCUT2D eigenvalue weighted by atomic mass is 10.2. The second-order valence-corrected chi connectivity index (χ2v) is 5.61. The van der Waals surface area contributed by atoms with Crippen LogP contribution in [0.3, 0.4) is 0 Å². The monoisotopic (exact) mass is 303 g/mol. The van der Waals surface area contributed by atoms with E-state index < -0.39 is 11.7 Å². The van der Waals surface area contributed by atoms with Gasteiger partial charge in [0.1, 0.15) is 11.4 Å². The van der Waals surface area contributed by atoms with Gasteiger partial charge < -0.3 is 19.2 Å². The molecule has 1 amide bonds. The Morgan fingerprint density at radius 2 is 2.05 bits per heavy atom. The van der Waals surface area contributed by atoms with Gasteiger partial charge >= 0.3 is 12.1 Å². The van der Waals surface area contributed by atoms with Crippen LogP contribution < -0.4 is 5.32 Å². The number of carbonyl (C=O) groups excluding carboxylic acids is 2. The highest BCUT2D eigenvalue weighted by molar-refractivity contribution is 7.99. The molecule has 0 aliphatic rings. The maximum Gasteiger partial charge on any atom is 0.408 e. The molecule has 0 aliphatic heterocycles. The lowest BCUT2D eigenvalue weighted by molar-refractivity contribution is -0.137. The van der Waals surface area contributed by atoms with Crippen LogP contribution in [0.2, 0.25) is 0 Å². The molecule has 0 spiro atoms. The number of ether oxygens (including phenoxy) is 2. The molecule has 0 aliphatic carbocycles. The minimum absolute atomic E-state index is 0.0562. The highest BCUT2D eigenvalue weighted by atomic mass is 32.2. The van der Waals surface area contributed by atoms with Gasteiger partial charge in [0.15, 0.2) is 0 Å². The second kappa shape index (κ2) is 7.13. The fourth-order valence-corrected chi connectivity index (χ4v) is 1.62. The zero-order valence-electron chi connectivity index (χ0n) is 11.8. The van der Waals surface area contributed by atoms with Crippen molar-refractivity contribution in [1.82, 2.24) is 15.5 Å². The van der Waals surface area contributed by atoms with E-state index in [1.54, 1.807) is 20.8 Å². The number of methoxy groups -OCH3 is 1. The van der Waals surface area contributed by atoms with Gasteiger partial charge in [0.2, 0.25) is 5.89 Å². The Balaban J connectivity index is 2.37. The molecule has 1 aromatic heterocycles. The summed E-state index contributed by atoms with van der Waals surface area (Å²) in [7, 11) is 1.30. The van der Waals surface area contributed by atoms with Gasteiger partial charge in [-0.15, -0.1) is 10.2 Å². The van der Waals surface area contributed by atoms with Crippen molar-refractivity contribution in [2.75, 3.05) is 12.9 Å². The lowest BCUT2D eigenvalue weighted by Crippen LogP contribution is -2.32. The van der Waals surface area contributed by atoms with Crippen molar-refractivity contribution in [3.8, 4) is 0 Å². The van der Waals surface area contributed by atoms with E-state index >= 15 is 0 Å². The summed E-state index contributed by atoms with van der Waals surface area (Å²) in [5.41, 5.74) is -0.569. The molecule has 0 unspecified atom stereocenters. The first-order valence-corrected chi connectivity index (χ1v) is 6.77. The maximum atomic E-state index is 11.4. The molecule has 0 radical (unpaired) electrons. The Kier molecular flexibility index (Phi) is 5.81. The molecule has 0 aromatic carbocycles. The van der Waals surface area contributed by atoms with Crippen molar-refractivity contribution in [3.05, 3.63) is 5.89 Å². The van der Waals surface area contributed by atoms with Crippen LogP contribution in [0.1, 0.15) is 26.7 Å². The van der Waals surface area contributed by atoms with E-state index in [1.807, 2.05) is 0 Å². The Bertz CT molecular complexity index is 469. The molecule has 8 nitrogen and oxygen atoms in total. The molecular weight excluding hydrogens is 286 g/mol. The summed E-state index contributed by atoms with van der Waals surface area (Å²) in [5, 5.41) is 10.2. The molecule has 20 heavy (non-hydrogen) atoms. The van der Waals surface area contributed by atoms with E-state index in [4.69, 9.17) is 9.15 Å². The topological polar surface area (TPSA) is 104 Å². The summed E-state index contributed by atoms with van der Waals surface area (Å²) < 4.78 is 14.8. The molecule has 0 fully saturated rings.